The Bertz CT molecular complexity index is 829. The molecule has 2 rings (SSSR count). The first-order valence-corrected chi connectivity index (χ1v) is 12.3. The highest BCUT2D eigenvalue weighted by Crippen LogP contribution is 2.10. The number of aryl methyl sites for hydroxylation is 1. The average molecular weight is 431 g/mol. The van der Waals surface area contributed by atoms with Crippen LogP contribution in [0.15, 0.2) is 59.8 Å². The second-order valence-electron chi connectivity index (χ2n) is 7.39. The van der Waals surface area contributed by atoms with Gasteiger partial charge in [-0.1, -0.05) is 76.5 Å². The van der Waals surface area contributed by atoms with Gasteiger partial charge in [-0.2, -0.15) is 5.26 Å². The molecule has 0 aliphatic carbocycles. The topological polar surface area (TPSA) is 84.9 Å². The highest BCUT2D eigenvalue weighted by atomic mass is 32.2. The molecular formula is C24H34N2O3S. The quantitative estimate of drug-likeness (QED) is 0.258. The standard InChI is InChI=1S/C18H29N2.C6H6O3S/c1-2-3-4-5-6-7-8-9-10-11-14-20-15-12-18(17-19)13-16-20;7-10(8,9)6-4-2-1-3-5-6/h12-13,15-16H,2-11,14H2,1H3;1-5H,(H,7,8,9)/q+1;/p-1. The second-order valence-corrected chi connectivity index (χ2v) is 8.77. The van der Waals surface area contributed by atoms with Gasteiger partial charge in [0.15, 0.2) is 12.4 Å². The summed E-state index contributed by atoms with van der Waals surface area (Å²) in [5.74, 6) is 0. The van der Waals surface area contributed by atoms with E-state index in [9.17, 15) is 13.0 Å². The monoisotopic (exact) mass is 430 g/mol. The lowest BCUT2D eigenvalue weighted by molar-refractivity contribution is -0.697. The summed E-state index contributed by atoms with van der Waals surface area (Å²) in [4.78, 5) is -0.185. The van der Waals surface area contributed by atoms with Crippen molar-refractivity contribution in [1.82, 2.24) is 0 Å². The summed E-state index contributed by atoms with van der Waals surface area (Å²) in [5.41, 5.74) is 0.740. The molecule has 6 heteroatoms. The zero-order valence-corrected chi connectivity index (χ0v) is 18.8. The fourth-order valence-electron chi connectivity index (χ4n) is 3.05. The minimum absolute atomic E-state index is 0.185. The smallest absolute Gasteiger partial charge is 0.170 e. The van der Waals surface area contributed by atoms with Crippen molar-refractivity contribution >= 4 is 10.1 Å². The van der Waals surface area contributed by atoms with E-state index in [0.29, 0.717) is 0 Å². The highest BCUT2D eigenvalue weighted by Gasteiger charge is 2.00. The number of benzene rings is 1. The molecule has 2 aromatic rings. The van der Waals surface area contributed by atoms with Gasteiger partial charge in [-0.25, -0.2) is 13.0 Å². The van der Waals surface area contributed by atoms with Crippen molar-refractivity contribution in [2.24, 2.45) is 0 Å². The van der Waals surface area contributed by atoms with Crippen molar-refractivity contribution in [3.63, 3.8) is 0 Å². The van der Waals surface area contributed by atoms with Crippen molar-refractivity contribution in [2.45, 2.75) is 82.6 Å². The molecule has 0 bridgehead atoms. The van der Waals surface area contributed by atoms with Crippen LogP contribution in [-0.2, 0) is 16.7 Å². The van der Waals surface area contributed by atoms with Crippen LogP contribution in [0.4, 0.5) is 0 Å². The molecule has 0 radical (unpaired) electrons. The first-order chi connectivity index (χ1) is 14.5. The molecule has 1 aromatic heterocycles. The van der Waals surface area contributed by atoms with E-state index in [0.717, 1.165) is 12.1 Å². The number of nitriles is 1. The third-order valence-electron chi connectivity index (χ3n) is 4.82. The Morgan fingerprint density at radius 3 is 1.77 bits per heavy atom. The van der Waals surface area contributed by atoms with Gasteiger partial charge in [0.25, 0.3) is 0 Å². The molecule has 0 aliphatic rings. The van der Waals surface area contributed by atoms with E-state index in [1.807, 2.05) is 24.5 Å². The van der Waals surface area contributed by atoms with Gasteiger partial charge < -0.3 is 4.55 Å². The molecule has 0 atom stereocenters. The molecule has 0 saturated carbocycles. The Labute approximate surface area is 182 Å². The second kappa shape index (κ2) is 15.6. The van der Waals surface area contributed by atoms with Crippen molar-refractivity contribution in [3.8, 4) is 6.07 Å². The maximum absolute atomic E-state index is 10.3. The fourth-order valence-corrected chi connectivity index (χ4v) is 3.54. The van der Waals surface area contributed by atoms with E-state index in [4.69, 9.17) is 5.26 Å². The summed E-state index contributed by atoms with van der Waals surface area (Å²) in [6.07, 6.45) is 17.8. The largest absolute Gasteiger partial charge is 0.744 e. The SMILES string of the molecule is CCCCCCCCCCCC[n+]1ccc(C#N)cc1.O=S(=O)([O-])c1ccccc1. The van der Waals surface area contributed by atoms with Gasteiger partial charge >= 0.3 is 0 Å². The van der Waals surface area contributed by atoms with Crippen LogP contribution in [0.5, 0.6) is 0 Å². The Hall–Kier alpha value is -2.23. The number of pyridine rings is 1. The van der Waals surface area contributed by atoms with Gasteiger partial charge in [0.1, 0.15) is 16.7 Å². The van der Waals surface area contributed by atoms with E-state index < -0.39 is 10.1 Å². The average Bonchev–Trinajstić information content (AvgIpc) is 2.76. The van der Waals surface area contributed by atoms with Crippen LogP contribution < -0.4 is 4.57 Å². The number of unbranched alkanes of at least 4 members (excludes halogenated alkanes) is 9. The molecular weight excluding hydrogens is 396 g/mol. The molecule has 0 saturated heterocycles. The van der Waals surface area contributed by atoms with Crippen LogP contribution in [0.3, 0.4) is 0 Å². The van der Waals surface area contributed by atoms with Crippen molar-refractivity contribution < 1.29 is 17.5 Å². The molecule has 1 heterocycles. The summed E-state index contributed by atoms with van der Waals surface area (Å²) in [6.45, 7) is 3.34. The Morgan fingerprint density at radius 2 is 1.33 bits per heavy atom. The normalized spacial score (nSPS) is 10.7. The summed E-state index contributed by atoms with van der Waals surface area (Å²) >= 11 is 0. The van der Waals surface area contributed by atoms with Crippen LogP contribution in [0, 0.1) is 11.3 Å². The summed E-state index contributed by atoms with van der Waals surface area (Å²) in [5, 5.41) is 8.73. The fraction of sp³-hybridized carbons (Fsp3) is 0.500. The minimum Gasteiger partial charge on any atom is -0.744 e. The summed E-state index contributed by atoms with van der Waals surface area (Å²) < 4.78 is 33.0. The molecule has 1 aromatic carbocycles. The van der Waals surface area contributed by atoms with Crippen LogP contribution in [0.2, 0.25) is 0 Å². The Morgan fingerprint density at radius 1 is 0.833 bits per heavy atom. The predicted molar refractivity (Wildman–Crippen MR) is 118 cm³/mol. The van der Waals surface area contributed by atoms with E-state index in [1.54, 1.807) is 6.07 Å². The van der Waals surface area contributed by atoms with Gasteiger partial charge in [-0.15, -0.1) is 0 Å². The lowest BCUT2D eigenvalue weighted by Gasteiger charge is -2.04. The van der Waals surface area contributed by atoms with Crippen LogP contribution in [-0.4, -0.2) is 13.0 Å². The summed E-state index contributed by atoms with van der Waals surface area (Å²) in [7, 11) is -4.25. The predicted octanol–water partition coefficient (Wildman–Crippen LogP) is 5.36. The van der Waals surface area contributed by atoms with E-state index >= 15 is 0 Å². The highest BCUT2D eigenvalue weighted by molar-refractivity contribution is 7.85. The Kier molecular flexibility index (Phi) is 13.4. The van der Waals surface area contributed by atoms with Gasteiger partial charge in [0.2, 0.25) is 0 Å². The van der Waals surface area contributed by atoms with Gasteiger partial charge in [-0.05, 0) is 18.6 Å². The molecule has 0 aliphatic heterocycles. The molecule has 0 fully saturated rings. The van der Waals surface area contributed by atoms with Gasteiger partial charge in [0, 0.05) is 18.6 Å². The number of aromatic nitrogens is 1. The van der Waals surface area contributed by atoms with Gasteiger partial charge in [-0.3, -0.25) is 0 Å². The molecule has 0 spiro atoms. The minimum atomic E-state index is -4.25. The zero-order chi connectivity index (χ0) is 22.1. The maximum atomic E-state index is 10.3. The first kappa shape index (κ1) is 25.8. The summed E-state index contributed by atoms with van der Waals surface area (Å²) in [6, 6.07) is 13.1. The van der Waals surface area contributed by atoms with Crippen LogP contribution >= 0.6 is 0 Å². The van der Waals surface area contributed by atoms with Crippen LogP contribution in [0.1, 0.15) is 76.7 Å². The van der Waals surface area contributed by atoms with E-state index in [1.165, 1.54) is 88.5 Å². The lowest BCUT2D eigenvalue weighted by atomic mass is 10.1. The van der Waals surface area contributed by atoms with E-state index in [-0.39, 0.29) is 4.90 Å². The molecule has 0 N–H and O–H groups in total. The third kappa shape index (κ3) is 12.4. The van der Waals surface area contributed by atoms with Crippen molar-refractivity contribution in [3.05, 3.63) is 60.4 Å². The van der Waals surface area contributed by atoms with Crippen molar-refractivity contribution in [1.29, 1.82) is 5.26 Å². The van der Waals surface area contributed by atoms with E-state index in [2.05, 4.69) is 17.6 Å². The van der Waals surface area contributed by atoms with Crippen LogP contribution in [0.25, 0.3) is 0 Å². The number of hydrogen-bond acceptors (Lipinski definition) is 4. The molecule has 0 amide bonds. The first-order valence-electron chi connectivity index (χ1n) is 10.9. The molecule has 5 nitrogen and oxygen atoms in total. The number of rotatable bonds is 12. The molecule has 164 valence electrons. The number of nitrogens with zero attached hydrogens (tertiary/aromatic N) is 2. The number of hydrogen-bond donors (Lipinski definition) is 0. The molecule has 0 unspecified atom stereocenters. The maximum Gasteiger partial charge on any atom is 0.170 e. The molecule has 30 heavy (non-hydrogen) atoms. The van der Waals surface area contributed by atoms with Crippen molar-refractivity contribution in [2.75, 3.05) is 0 Å². The van der Waals surface area contributed by atoms with Gasteiger partial charge in [0.05, 0.1) is 16.5 Å². The lowest BCUT2D eigenvalue weighted by Crippen LogP contribution is -2.32. The zero-order valence-electron chi connectivity index (χ0n) is 18.0. The Balaban J connectivity index is 0.000000375. The third-order valence-corrected chi connectivity index (χ3v) is 5.67.